The number of amidine groups is 1. The molecule has 0 aliphatic carbocycles. The smallest absolute Gasteiger partial charge is 0.329 e. The fourth-order valence-corrected chi connectivity index (χ4v) is 3.91. The topological polar surface area (TPSA) is 123 Å². The van der Waals surface area contributed by atoms with Crippen LogP contribution in [0.5, 0.6) is 0 Å². The summed E-state index contributed by atoms with van der Waals surface area (Å²) in [6.45, 7) is 7.31. The van der Waals surface area contributed by atoms with Crippen LogP contribution in [0.4, 0.5) is 0 Å². The van der Waals surface area contributed by atoms with Gasteiger partial charge in [-0.2, -0.15) is 5.10 Å². The van der Waals surface area contributed by atoms with Crippen LogP contribution in [0.1, 0.15) is 65.0 Å². The molecule has 1 aliphatic rings. The van der Waals surface area contributed by atoms with E-state index >= 15 is 0 Å². The van der Waals surface area contributed by atoms with Crippen LogP contribution in [0.3, 0.4) is 0 Å². The van der Waals surface area contributed by atoms with E-state index in [0.29, 0.717) is 30.1 Å². The molecule has 1 aromatic rings. The number of nitrogens with one attached hydrogen (secondary N) is 1. The lowest BCUT2D eigenvalue weighted by Crippen LogP contribution is -2.53. The average Bonchev–Trinajstić information content (AvgIpc) is 2.68. The van der Waals surface area contributed by atoms with Gasteiger partial charge >= 0.3 is 5.97 Å². The second kappa shape index (κ2) is 10.1. The van der Waals surface area contributed by atoms with Crippen LogP contribution in [0.25, 0.3) is 0 Å². The number of carbonyl (C=O) groups is 2. The molecule has 1 aliphatic heterocycles. The van der Waals surface area contributed by atoms with Crippen molar-refractivity contribution in [2.45, 2.75) is 71.1 Å². The van der Waals surface area contributed by atoms with E-state index in [1.54, 1.807) is 17.0 Å². The Morgan fingerprint density at radius 1 is 1.33 bits per heavy atom. The zero-order valence-electron chi connectivity index (χ0n) is 18.0. The summed E-state index contributed by atoms with van der Waals surface area (Å²) in [5, 5.41) is 4.21. The van der Waals surface area contributed by atoms with Gasteiger partial charge in [-0.25, -0.2) is 10.6 Å². The van der Waals surface area contributed by atoms with Crippen LogP contribution in [0.2, 0.25) is 5.02 Å². The molecule has 0 radical (unpaired) electrons. The van der Waals surface area contributed by atoms with E-state index in [-0.39, 0.29) is 24.3 Å². The highest BCUT2D eigenvalue weighted by Crippen LogP contribution is 2.38. The summed E-state index contributed by atoms with van der Waals surface area (Å²) < 4.78 is 5.62. The van der Waals surface area contributed by atoms with Crippen LogP contribution >= 0.6 is 11.6 Å². The molecule has 8 nitrogen and oxygen atoms in total. The highest BCUT2D eigenvalue weighted by Gasteiger charge is 2.43. The summed E-state index contributed by atoms with van der Waals surface area (Å²) in [5.74, 6) is 10.2. The number of hydrogen-bond donors (Lipinski definition) is 3. The Morgan fingerprint density at radius 3 is 2.47 bits per heavy atom. The number of ether oxygens (including phenoxy) is 1. The lowest BCUT2D eigenvalue weighted by molar-refractivity contribution is -0.169. The van der Waals surface area contributed by atoms with Crippen molar-refractivity contribution in [3.63, 3.8) is 0 Å². The van der Waals surface area contributed by atoms with Gasteiger partial charge in [0.05, 0.1) is 6.04 Å². The molecule has 1 amide bonds. The Labute approximate surface area is 182 Å². The number of hydrogen-bond acceptors (Lipinski definition) is 6. The van der Waals surface area contributed by atoms with Gasteiger partial charge in [-0.05, 0) is 57.7 Å². The zero-order chi connectivity index (χ0) is 22.5. The van der Waals surface area contributed by atoms with E-state index in [1.807, 2.05) is 39.8 Å². The number of nitrogens with zero attached hydrogens (tertiary/aromatic N) is 2. The minimum Gasteiger partial charge on any atom is -0.458 e. The summed E-state index contributed by atoms with van der Waals surface area (Å²) in [5.41, 5.74) is 2.71. The maximum atomic E-state index is 13.5. The molecule has 30 heavy (non-hydrogen) atoms. The number of benzene rings is 1. The van der Waals surface area contributed by atoms with Crippen molar-refractivity contribution >= 4 is 29.3 Å². The monoisotopic (exact) mass is 437 g/mol. The summed E-state index contributed by atoms with van der Waals surface area (Å²) in [4.78, 5) is 28.2. The van der Waals surface area contributed by atoms with Gasteiger partial charge in [0.2, 0.25) is 5.91 Å². The standard InChI is InChI=1S/C21H32ClN5O3/c1-5-16(20(29)30-21(2,3)4)27-17(13-6-9-15(22)10-7-13)11-8-14(19(27)28)12-18(25-23)26-24/h6-7,9-10,14,16-17H,5,8,11-12,23-24H2,1-4H3,(H,25,26). The third kappa shape index (κ3) is 5.86. The second-order valence-electron chi connectivity index (χ2n) is 8.47. The molecule has 1 heterocycles. The number of carbonyl (C=O) groups excluding carboxylic acids is 2. The molecular formula is C21H32ClN5O3. The predicted molar refractivity (Wildman–Crippen MR) is 117 cm³/mol. The minimum atomic E-state index is -0.704. The molecule has 166 valence electrons. The van der Waals surface area contributed by atoms with E-state index in [0.717, 1.165) is 5.56 Å². The van der Waals surface area contributed by atoms with Gasteiger partial charge in [-0.1, -0.05) is 30.7 Å². The molecule has 5 N–H and O–H groups in total. The number of esters is 1. The maximum Gasteiger partial charge on any atom is 0.329 e. The lowest BCUT2D eigenvalue weighted by atomic mass is 9.84. The van der Waals surface area contributed by atoms with E-state index in [9.17, 15) is 9.59 Å². The minimum absolute atomic E-state index is 0.143. The van der Waals surface area contributed by atoms with Crippen LogP contribution in [-0.2, 0) is 14.3 Å². The largest absolute Gasteiger partial charge is 0.458 e. The van der Waals surface area contributed by atoms with Crippen LogP contribution in [-0.4, -0.2) is 34.3 Å². The first-order valence-corrected chi connectivity index (χ1v) is 10.5. The van der Waals surface area contributed by atoms with E-state index < -0.39 is 17.6 Å². The lowest BCUT2D eigenvalue weighted by Gasteiger charge is -2.43. The first-order valence-electron chi connectivity index (χ1n) is 10.1. The van der Waals surface area contributed by atoms with Crippen LogP contribution < -0.4 is 17.1 Å². The first-order chi connectivity index (χ1) is 14.1. The highest BCUT2D eigenvalue weighted by atomic mass is 35.5. The number of likely N-dealkylation sites (tertiary alicyclic amines) is 1. The van der Waals surface area contributed by atoms with E-state index in [4.69, 9.17) is 28.0 Å². The van der Waals surface area contributed by atoms with Gasteiger partial charge in [0.1, 0.15) is 17.5 Å². The molecule has 0 spiro atoms. The third-order valence-corrected chi connectivity index (χ3v) is 5.40. The van der Waals surface area contributed by atoms with E-state index in [1.165, 1.54) is 0 Å². The first kappa shape index (κ1) is 24.0. The highest BCUT2D eigenvalue weighted by molar-refractivity contribution is 6.30. The Morgan fingerprint density at radius 2 is 1.97 bits per heavy atom. The van der Waals surface area contributed by atoms with Crippen molar-refractivity contribution in [2.24, 2.45) is 22.7 Å². The number of piperidine rings is 1. The van der Waals surface area contributed by atoms with Crippen LogP contribution in [0, 0.1) is 5.92 Å². The molecule has 3 atom stereocenters. The van der Waals surface area contributed by atoms with Gasteiger partial charge in [0.15, 0.2) is 0 Å². The van der Waals surface area contributed by atoms with Gasteiger partial charge in [0, 0.05) is 17.4 Å². The molecule has 3 unspecified atom stereocenters. The van der Waals surface area contributed by atoms with Crippen LogP contribution in [0.15, 0.2) is 29.4 Å². The summed E-state index contributed by atoms with van der Waals surface area (Å²) in [7, 11) is 0. The van der Waals surface area contributed by atoms with Crippen molar-refractivity contribution in [1.82, 2.24) is 10.3 Å². The number of hydrazine groups is 1. The number of amides is 1. The summed E-state index contributed by atoms with van der Waals surface area (Å²) in [6, 6.07) is 6.40. The van der Waals surface area contributed by atoms with Gasteiger partial charge < -0.3 is 20.9 Å². The van der Waals surface area contributed by atoms with Crippen molar-refractivity contribution < 1.29 is 14.3 Å². The third-order valence-electron chi connectivity index (χ3n) is 5.15. The molecule has 1 saturated heterocycles. The van der Waals surface area contributed by atoms with Crippen molar-refractivity contribution in [3.05, 3.63) is 34.9 Å². The molecule has 0 aromatic heterocycles. The number of rotatable bonds is 6. The van der Waals surface area contributed by atoms with E-state index in [2.05, 4.69) is 10.5 Å². The molecular weight excluding hydrogens is 406 g/mol. The molecule has 0 bridgehead atoms. The Bertz CT molecular complexity index is 776. The second-order valence-corrected chi connectivity index (χ2v) is 8.91. The molecule has 1 aromatic carbocycles. The molecule has 9 heteroatoms. The molecule has 0 saturated carbocycles. The summed E-state index contributed by atoms with van der Waals surface area (Å²) in [6.07, 6.45) is 2.01. The number of halogens is 1. The van der Waals surface area contributed by atoms with Gasteiger partial charge in [0.25, 0.3) is 0 Å². The molecule has 1 fully saturated rings. The fraction of sp³-hybridized carbons (Fsp3) is 0.571. The number of hydrazone groups is 1. The SMILES string of the molecule is CCC(C(=O)OC(C)(C)C)N1C(=O)C(C/C(=N/N)NN)CCC1c1ccc(Cl)cc1. The maximum absolute atomic E-state index is 13.5. The van der Waals surface area contributed by atoms with Gasteiger partial charge in [-0.15, -0.1) is 0 Å². The average molecular weight is 438 g/mol. The van der Waals surface area contributed by atoms with Gasteiger partial charge in [-0.3, -0.25) is 4.79 Å². The van der Waals surface area contributed by atoms with Crippen molar-refractivity contribution in [1.29, 1.82) is 0 Å². The number of nitrogens with two attached hydrogens (primary N) is 2. The predicted octanol–water partition coefficient (Wildman–Crippen LogP) is 2.87. The fourth-order valence-electron chi connectivity index (χ4n) is 3.79. The molecule has 2 rings (SSSR count). The normalized spacial score (nSPS) is 21.3. The zero-order valence-corrected chi connectivity index (χ0v) is 18.8. The Hall–Kier alpha value is -2.32. The quantitative estimate of drug-likeness (QED) is 0.207. The Kier molecular flexibility index (Phi) is 8.09. The summed E-state index contributed by atoms with van der Waals surface area (Å²) >= 11 is 6.04. The Balaban J connectivity index is 2.41. The van der Waals surface area contributed by atoms with Crippen molar-refractivity contribution in [3.8, 4) is 0 Å². The van der Waals surface area contributed by atoms with Crippen molar-refractivity contribution in [2.75, 3.05) is 0 Å².